The van der Waals surface area contributed by atoms with Crippen molar-refractivity contribution in [2.24, 2.45) is 0 Å². The summed E-state index contributed by atoms with van der Waals surface area (Å²) in [6, 6.07) is 1.53. The van der Waals surface area contributed by atoms with Crippen LogP contribution in [-0.4, -0.2) is 17.4 Å². The Bertz CT molecular complexity index is 312. The summed E-state index contributed by atoms with van der Waals surface area (Å²) >= 11 is 5.66. The number of halogens is 1. The number of hydrogen-bond acceptors (Lipinski definition) is 3. The van der Waals surface area contributed by atoms with Crippen molar-refractivity contribution in [3.63, 3.8) is 0 Å². The molecule has 0 bridgehead atoms. The van der Waals surface area contributed by atoms with E-state index >= 15 is 0 Å². The Hall–Kier alpha value is -1.09. The maximum atomic E-state index is 10.6. The van der Waals surface area contributed by atoms with Crippen LogP contribution in [0.4, 0.5) is 0 Å². The van der Waals surface area contributed by atoms with Crippen molar-refractivity contribution in [3.05, 3.63) is 22.8 Å². The quantitative estimate of drug-likeness (QED) is 0.702. The summed E-state index contributed by atoms with van der Waals surface area (Å²) in [6.07, 6.45) is 2.12. The van der Waals surface area contributed by atoms with E-state index in [1.54, 1.807) is 0 Å². The summed E-state index contributed by atoms with van der Waals surface area (Å²) in [5.74, 6) is 0.328. The van der Waals surface area contributed by atoms with E-state index in [1.165, 1.54) is 12.3 Å². The van der Waals surface area contributed by atoms with Gasteiger partial charge in [-0.3, -0.25) is 4.79 Å². The first-order valence-corrected chi connectivity index (χ1v) is 4.28. The number of aldehydes is 1. The second-order valence-corrected chi connectivity index (χ2v) is 3.27. The van der Waals surface area contributed by atoms with Crippen LogP contribution in [0.3, 0.4) is 0 Å². The third-order valence-electron chi connectivity index (χ3n) is 1.32. The van der Waals surface area contributed by atoms with Crippen molar-refractivity contribution in [1.82, 2.24) is 4.98 Å². The number of carbonyl (C=O) groups excluding carboxylic acids is 1. The molecule has 0 atom stereocenters. The highest BCUT2D eigenvalue weighted by atomic mass is 35.5. The highest BCUT2D eigenvalue weighted by Gasteiger charge is 2.06. The lowest BCUT2D eigenvalue weighted by Gasteiger charge is -2.09. The molecule has 0 spiro atoms. The Morgan fingerprint density at radius 3 is 2.85 bits per heavy atom. The van der Waals surface area contributed by atoms with Gasteiger partial charge < -0.3 is 4.74 Å². The van der Waals surface area contributed by atoms with Gasteiger partial charge in [0.1, 0.15) is 0 Å². The molecule has 0 aliphatic heterocycles. The summed E-state index contributed by atoms with van der Waals surface area (Å²) < 4.78 is 5.29. The van der Waals surface area contributed by atoms with Crippen molar-refractivity contribution in [2.45, 2.75) is 20.0 Å². The minimum atomic E-state index is -0.00706. The van der Waals surface area contributed by atoms with E-state index in [0.717, 1.165) is 0 Å². The highest BCUT2D eigenvalue weighted by molar-refractivity contribution is 6.30. The Balaban J connectivity index is 2.99. The van der Waals surface area contributed by atoms with Crippen LogP contribution >= 0.6 is 11.6 Å². The fourth-order valence-corrected chi connectivity index (χ4v) is 1.01. The first-order valence-electron chi connectivity index (χ1n) is 3.91. The van der Waals surface area contributed by atoms with E-state index in [4.69, 9.17) is 16.3 Å². The molecule has 4 heteroatoms. The van der Waals surface area contributed by atoms with Crippen LogP contribution in [0.2, 0.25) is 5.02 Å². The fourth-order valence-electron chi connectivity index (χ4n) is 0.849. The first kappa shape index (κ1) is 9.99. The van der Waals surface area contributed by atoms with Crippen LogP contribution in [-0.2, 0) is 0 Å². The van der Waals surface area contributed by atoms with Crippen molar-refractivity contribution < 1.29 is 9.53 Å². The molecule has 0 saturated carbocycles. The molecule has 0 fully saturated rings. The zero-order valence-electron chi connectivity index (χ0n) is 7.45. The van der Waals surface area contributed by atoms with Crippen LogP contribution in [0, 0.1) is 0 Å². The molecule has 13 heavy (non-hydrogen) atoms. The van der Waals surface area contributed by atoms with Crippen molar-refractivity contribution >= 4 is 17.9 Å². The minimum Gasteiger partial charge on any atom is -0.474 e. The average molecular weight is 200 g/mol. The molecule has 0 amide bonds. The van der Waals surface area contributed by atoms with Gasteiger partial charge in [0.15, 0.2) is 6.29 Å². The van der Waals surface area contributed by atoms with Gasteiger partial charge in [-0.05, 0) is 19.9 Å². The van der Waals surface area contributed by atoms with Gasteiger partial charge >= 0.3 is 0 Å². The number of nitrogens with zero attached hydrogens (tertiary/aromatic N) is 1. The standard InChI is InChI=1S/C9H10ClNO2/c1-6(2)13-9-7(5-12)3-8(10)4-11-9/h3-6H,1-2H3. The molecule has 1 aromatic rings. The van der Waals surface area contributed by atoms with Gasteiger partial charge in [-0.2, -0.15) is 0 Å². The van der Waals surface area contributed by atoms with Gasteiger partial charge in [0.2, 0.25) is 5.88 Å². The van der Waals surface area contributed by atoms with Crippen LogP contribution in [0.25, 0.3) is 0 Å². The maximum Gasteiger partial charge on any atom is 0.224 e. The van der Waals surface area contributed by atoms with Crippen molar-refractivity contribution in [2.75, 3.05) is 0 Å². The summed E-state index contributed by atoms with van der Waals surface area (Å²) in [5, 5.41) is 0.429. The predicted molar refractivity (Wildman–Crippen MR) is 50.4 cm³/mol. The largest absolute Gasteiger partial charge is 0.474 e. The Kier molecular flexibility index (Phi) is 3.25. The van der Waals surface area contributed by atoms with Gasteiger partial charge in [0.05, 0.1) is 16.7 Å². The molecule has 1 aromatic heterocycles. The van der Waals surface area contributed by atoms with Gasteiger partial charge in [-0.1, -0.05) is 11.6 Å². The van der Waals surface area contributed by atoms with Crippen molar-refractivity contribution in [3.8, 4) is 5.88 Å². The third kappa shape index (κ3) is 2.70. The SMILES string of the molecule is CC(C)Oc1ncc(Cl)cc1C=O. The van der Waals surface area contributed by atoms with Gasteiger partial charge in [0.25, 0.3) is 0 Å². The van der Waals surface area contributed by atoms with Crippen LogP contribution in [0.1, 0.15) is 24.2 Å². The normalized spacial score (nSPS) is 10.2. The van der Waals surface area contributed by atoms with E-state index in [-0.39, 0.29) is 6.10 Å². The minimum absolute atomic E-state index is 0.00706. The van der Waals surface area contributed by atoms with E-state index in [2.05, 4.69) is 4.98 Å². The fraction of sp³-hybridized carbons (Fsp3) is 0.333. The molecule has 0 aromatic carbocycles. The van der Waals surface area contributed by atoms with E-state index < -0.39 is 0 Å². The van der Waals surface area contributed by atoms with E-state index in [1.807, 2.05) is 13.8 Å². The summed E-state index contributed by atoms with van der Waals surface area (Å²) in [4.78, 5) is 14.5. The number of rotatable bonds is 3. The van der Waals surface area contributed by atoms with Gasteiger partial charge in [-0.15, -0.1) is 0 Å². The summed E-state index contributed by atoms with van der Waals surface area (Å²) in [5.41, 5.74) is 0.376. The molecular weight excluding hydrogens is 190 g/mol. The molecule has 0 N–H and O–H groups in total. The average Bonchev–Trinajstić information content (AvgIpc) is 2.07. The van der Waals surface area contributed by atoms with Gasteiger partial charge in [0, 0.05) is 6.20 Å². The first-order chi connectivity index (χ1) is 6.13. The molecule has 70 valence electrons. The van der Waals surface area contributed by atoms with Crippen LogP contribution in [0.15, 0.2) is 12.3 Å². The monoisotopic (exact) mass is 199 g/mol. The summed E-state index contributed by atoms with van der Waals surface area (Å²) in [6.45, 7) is 3.73. The Morgan fingerprint density at radius 2 is 2.31 bits per heavy atom. The number of carbonyl (C=O) groups is 1. The van der Waals surface area contributed by atoms with Crippen molar-refractivity contribution in [1.29, 1.82) is 0 Å². The molecule has 1 rings (SSSR count). The number of pyridine rings is 1. The molecule has 1 heterocycles. The highest BCUT2D eigenvalue weighted by Crippen LogP contribution is 2.18. The molecule has 0 radical (unpaired) electrons. The van der Waals surface area contributed by atoms with Gasteiger partial charge in [-0.25, -0.2) is 4.98 Å². The van der Waals surface area contributed by atoms with E-state index in [0.29, 0.717) is 22.8 Å². The summed E-state index contributed by atoms with van der Waals surface area (Å²) in [7, 11) is 0. The Labute approximate surface area is 81.7 Å². The molecular formula is C9H10ClNO2. The second kappa shape index (κ2) is 4.23. The number of ether oxygens (including phenoxy) is 1. The number of hydrogen-bond donors (Lipinski definition) is 0. The van der Waals surface area contributed by atoms with Crippen LogP contribution < -0.4 is 4.74 Å². The lowest BCUT2D eigenvalue weighted by Crippen LogP contribution is -2.08. The predicted octanol–water partition coefficient (Wildman–Crippen LogP) is 2.33. The smallest absolute Gasteiger partial charge is 0.224 e. The van der Waals surface area contributed by atoms with Crippen LogP contribution in [0.5, 0.6) is 5.88 Å². The topological polar surface area (TPSA) is 39.2 Å². The maximum absolute atomic E-state index is 10.6. The Morgan fingerprint density at radius 1 is 1.62 bits per heavy atom. The lowest BCUT2D eigenvalue weighted by molar-refractivity contribution is 0.111. The lowest BCUT2D eigenvalue weighted by atomic mass is 10.3. The molecule has 0 aliphatic carbocycles. The molecule has 0 saturated heterocycles. The number of aromatic nitrogens is 1. The zero-order chi connectivity index (χ0) is 9.84. The van der Waals surface area contributed by atoms with E-state index in [9.17, 15) is 4.79 Å². The molecule has 0 unspecified atom stereocenters. The molecule has 0 aliphatic rings. The zero-order valence-corrected chi connectivity index (χ0v) is 8.21. The second-order valence-electron chi connectivity index (χ2n) is 2.83. The molecule has 3 nitrogen and oxygen atoms in total. The third-order valence-corrected chi connectivity index (χ3v) is 1.53.